The van der Waals surface area contributed by atoms with Gasteiger partial charge in [-0.3, -0.25) is 4.79 Å². The number of hydrogen-bond donors (Lipinski definition) is 1. The lowest BCUT2D eigenvalue weighted by atomic mass is 10.0. The van der Waals surface area contributed by atoms with Crippen LogP contribution in [0.4, 0.5) is 10.2 Å². The minimum atomic E-state index is -0.269. The number of thioether (sulfide) groups is 1. The van der Waals surface area contributed by atoms with Crippen molar-refractivity contribution in [2.24, 2.45) is 0 Å². The molecule has 2 heterocycles. The zero-order valence-corrected chi connectivity index (χ0v) is 15.3. The maximum Gasteiger partial charge on any atom is 0.235 e. The first-order chi connectivity index (χ1) is 12.5. The van der Waals surface area contributed by atoms with Gasteiger partial charge in [-0.05, 0) is 49.2 Å². The summed E-state index contributed by atoms with van der Waals surface area (Å²) in [6.07, 6.45) is 0. The van der Waals surface area contributed by atoms with Gasteiger partial charge in [0.1, 0.15) is 11.6 Å². The van der Waals surface area contributed by atoms with Gasteiger partial charge in [-0.25, -0.2) is 9.07 Å². The second-order valence-electron chi connectivity index (χ2n) is 6.39. The van der Waals surface area contributed by atoms with E-state index >= 15 is 0 Å². The van der Waals surface area contributed by atoms with Gasteiger partial charge in [-0.2, -0.15) is 5.10 Å². The van der Waals surface area contributed by atoms with Crippen LogP contribution in [0.25, 0.3) is 5.69 Å². The van der Waals surface area contributed by atoms with Crippen molar-refractivity contribution in [3.8, 4) is 5.69 Å². The number of anilines is 1. The van der Waals surface area contributed by atoms with Gasteiger partial charge in [0.15, 0.2) is 0 Å². The Balaban J connectivity index is 1.89. The van der Waals surface area contributed by atoms with E-state index in [1.54, 1.807) is 16.8 Å². The van der Waals surface area contributed by atoms with Crippen LogP contribution in [0.1, 0.15) is 27.6 Å². The number of carbonyl (C=O) groups is 1. The molecule has 0 saturated carbocycles. The highest BCUT2D eigenvalue weighted by Gasteiger charge is 2.30. The van der Waals surface area contributed by atoms with Gasteiger partial charge in [0.2, 0.25) is 5.91 Å². The molecule has 3 aromatic rings. The number of halogens is 1. The van der Waals surface area contributed by atoms with Crippen molar-refractivity contribution < 1.29 is 9.18 Å². The molecule has 26 heavy (non-hydrogen) atoms. The summed E-state index contributed by atoms with van der Waals surface area (Å²) < 4.78 is 15.1. The Hall–Kier alpha value is -2.60. The van der Waals surface area contributed by atoms with Crippen LogP contribution in [0.5, 0.6) is 0 Å². The molecular weight excluding hydrogens is 349 g/mol. The van der Waals surface area contributed by atoms with Crippen LogP contribution < -0.4 is 5.32 Å². The smallest absolute Gasteiger partial charge is 0.235 e. The zero-order chi connectivity index (χ0) is 18.3. The van der Waals surface area contributed by atoms with Crippen molar-refractivity contribution in [1.29, 1.82) is 0 Å². The number of nitrogens with one attached hydrogen (secondary N) is 1. The van der Waals surface area contributed by atoms with Crippen LogP contribution >= 0.6 is 11.8 Å². The van der Waals surface area contributed by atoms with E-state index in [9.17, 15) is 9.18 Å². The topological polar surface area (TPSA) is 46.9 Å². The summed E-state index contributed by atoms with van der Waals surface area (Å²) in [5, 5.41) is 7.61. The van der Waals surface area contributed by atoms with Crippen LogP contribution in [-0.2, 0) is 4.79 Å². The van der Waals surface area contributed by atoms with E-state index in [-0.39, 0.29) is 17.0 Å². The van der Waals surface area contributed by atoms with E-state index in [1.165, 1.54) is 23.9 Å². The highest BCUT2D eigenvalue weighted by molar-refractivity contribution is 8.00. The van der Waals surface area contributed by atoms with Gasteiger partial charge in [-0.15, -0.1) is 11.8 Å². The van der Waals surface area contributed by atoms with E-state index in [0.717, 1.165) is 28.1 Å². The second kappa shape index (κ2) is 6.61. The summed E-state index contributed by atoms with van der Waals surface area (Å²) in [5.41, 5.74) is 4.80. The average Bonchev–Trinajstić information content (AvgIpc) is 2.82. The van der Waals surface area contributed by atoms with Gasteiger partial charge < -0.3 is 5.32 Å². The molecule has 0 bridgehead atoms. The molecule has 1 aliphatic heterocycles. The Morgan fingerprint density at radius 2 is 1.96 bits per heavy atom. The van der Waals surface area contributed by atoms with Crippen LogP contribution in [-0.4, -0.2) is 21.4 Å². The molecule has 0 aliphatic carbocycles. The fourth-order valence-electron chi connectivity index (χ4n) is 3.23. The predicted octanol–water partition coefficient (Wildman–Crippen LogP) is 4.40. The van der Waals surface area contributed by atoms with Crippen molar-refractivity contribution in [2.45, 2.75) is 19.1 Å². The van der Waals surface area contributed by atoms with Crippen LogP contribution in [0.15, 0.2) is 48.5 Å². The second-order valence-corrected chi connectivity index (χ2v) is 7.48. The van der Waals surface area contributed by atoms with E-state index < -0.39 is 0 Å². The van der Waals surface area contributed by atoms with Gasteiger partial charge in [0.25, 0.3) is 0 Å². The predicted molar refractivity (Wildman–Crippen MR) is 102 cm³/mol. The molecule has 6 heteroatoms. The maximum atomic E-state index is 13.3. The Morgan fingerprint density at radius 1 is 1.19 bits per heavy atom. The number of benzene rings is 2. The fourth-order valence-corrected chi connectivity index (χ4v) is 4.42. The average molecular weight is 367 g/mol. The van der Waals surface area contributed by atoms with Crippen LogP contribution in [0.3, 0.4) is 0 Å². The molecule has 1 atom stereocenters. The van der Waals surface area contributed by atoms with Crippen molar-refractivity contribution in [1.82, 2.24) is 9.78 Å². The number of rotatable bonds is 2. The standard InChI is InChI=1S/C20H18FN3OS/c1-12-4-3-5-16(10-12)24-20-18(13(2)23-24)19(26-11-17(25)22-20)14-6-8-15(21)9-7-14/h3-10,19H,11H2,1-2H3,(H,22,25). The van der Waals surface area contributed by atoms with Crippen LogP contribution in [0.2, 0.25) is 0 Å². The number of carbonyl (C=O) groups excluding carboxylic acids is 1. The molecule has 1 N–H and O–H groups in total. The summed E-state index contributed by atoms with van der Waals surface area (Å²) in [5.74, 6) is 0.699. The Bertz CT molecular complexity index is 981. The molecule has 4 nitrogen and oxygen atoms in total. The van der Waals surface area contributed by atoms with Crippen molar-refractivity contribution in [2.75, 3.05) is 11.1 Å². The Labute approximate surface area is 155 Å². The summed E-state index contributed by atoms with van der Waals surface area (Å²) in [7, 11) is 0. The number of fused-ring (bicyclic) bond motifs is 1. The lowest BCUT2D eigenvalue weighted by Gasteiger charge is -2.15. The molecule has 132 valence electrons. The number of nitrogens with zero attached hydrogens (tertiary/aromatic N) is 2. The molecule has 1 amide bonds. The van der Waals surface area contributed by atoms with E-state index in [1.807, 2.05) is 38.1 Å². The monoisotopic (exact) mass is 367 g/mol. The zero-order valence-electron chi connectivity index (χ0n) is 14.5. The van der Waals surface area contributed by atoms with Crippen molar-refractivity contribution in [3.63, 3.8) is 0 Å². The summed E-state index contributed by atoms with van der Waals surface area (Å²) >= 11 is 1.53. The lowest BCUT2D eigenvalue weighted by molar-refractivity contribution is -0.113. The minimum Gasteiger partial charge on any atom is -0.310 e. The van der Waals surface area contributed by atoms with E-state index in [4.69, 9.17) is 0 Å². The number of hydrogen-bond acceptors (Lipinski definition) is 3. The fraction of sp³-hybridized carbons (Fsp3) is 0.200. The molecular formula is C20H18FN3OS. The molecule has 0 fully saturated rings. The van der Waals surface area contributed by atoms with Crippen molar-refractivity contribution >= 4 is 23.5 Å². The Kier molecular flexibility index (Phi) is 4.28. The molecule has 1 aromatic heterocycles. The molecule has 0 saturated heterocycles. The van der Waals surface area contributed by atoms with Gasteiger partial charge in [-0.1, -0.05) is 24.3 Å². The molecule has 1 unspecified atom stereocenters. The Morgan fingerprint density at radius 3 is 2.69 bits per heavy atom. The minimum absolute atomic E-state index is 0.0605. The first-order valence-corrected chi connectivity index (χ1v) is 9.41. The van der Waals surface area contributed by atoms with Gasteiger partial charge in [0, 0.05) is 5.56 Å². The highest BCUT2D eigenvalue weighted by atomic mass is 32.2. The third kappa shape index (κ3) is 3.01. The third-order valence-electron chi connectivity index (χ3n) is 4.43. The van der Waals surface area contributed by atoms with Crippen molar-refractivity contribution in [3.05, 3.63) is 76.7 Å². The first kappa shape index (κ1) is 16.8. The SMILES string of the molecule is Cc1cccc(-n2nc(C)c3c2NC(=O)CSC3c2ccc(F)cc2)c1. The van der Waals surface area contributed by atoms with E-state index in [2.05, 4.69) is 10.4 Å². The summed E-state index contributed by atoms with van der Waals surface area (Å²) in [6.45, 7) is 3.97. The van der Waals surface area contributed by atoms with Gasteiger partial charge >= 0.3 is 0 Å². The molecule has 1 aliphatic rings. The number of aromatic nitrogens is 2. The quantitative estimate of drug-likeness (QED) is 0.730. The van der Waals surface area contributed by atoms with Gasteiger partial charge in [0.05, 0.1) is 22.4 Å². The number of aryl methyl sites for hydroxylation is 2. The lowest BCUT2D eigenvalue weighted by Crippen LogP contribution is -2.15. The first-order valence-electron chi connectivity index (χ1n) is 8.36. The largest absolute Gasteiger partial charge is 0.310 e. The normalized spacial score (nSPS) is 16.7. The third-order valence-corrected chi connectivity index (χ3v) is 5.70. The summed E-state index contributed by atoms with van der Waals surface area (Å²) in [4.78, 5) is 12.3. The highest BCUT2D eigenvalue weighted by Crippen LogP contribution is 2.43. The molecule has 0 spiro atoms. The van der Waals surface area contributed by atoms with E-state index in [0.29, 0.717) is 11.6 Å². The maximum absolute atomic E-state index is 13.3. The number of amides is 1. The summed E-state index contributed by atoms with van der Waals surface area (Å²) in [6, 6.07) is 14.5. The molecule has 4 rings (SSSR count). The van der Waals surface area contributed by atoms with Crippen LogP contribution in [0, 0.1) is 19.7 Å². The molecule has 0 radical (unpaired) electrons. The molecule has 2 aromatic carbocycles.